The van der Waals surface area contributed by atoms with Crippen molar-refractivity contribution in [1.82, 2.24) is 10.3 Å². The number of nitroso groups, excluding NO2 is 1. The van der Waals surface area contributed by atoms with E-state index in [0.717, 1.165) is 5.56 Å². The van der Waals surface area contributed by atoms with Gasteiger partial charge in [0.05, 0.1) is 5.29 Å². The Morgan fingerprint density at radius 3 is 2.42 bits per heavy atom. The van der Waals surface area contributed by atoms with Crippen molar-refractivity contribution in [2.75, 3.05) is 0 Å². The van der Waals surface area contributed by atoms with E-state index in [4.69, 9.17) is 4.74 Å². The highest BCUT2D eigenvalue weighted by atomic mass is 16.5. The van der Waals surface area contributed by atoms with E-state index in [9.17, 15) is 9.70 Å². The number of rotatable bonds is 5. The molecule has 1 unspecified atom stereocenters. The molecule has 1 atom stereocenters. The van der Waals surface area contributed by atoms with Crippen LogP contribution < -0.4 is 10.1 Å². The van der Waals surface area contributed by atoms with E-state index >= 15 is 0 Å². The fourth-order valence-electron chi connectivity index (χ4n) is 2.72. The molecule has 1 saturated heterocycles. The molecule has 1 heterocycles. The minimum atomic E-state index is -0.925. The fraction of sp³-hybridized carbons (Fsp3) is 0.278. The number of carbonyl (C=O) groups is 1. The van der Waals surface area contributed by atoms with Gasteiger partial charge in [-0.25, -0.2) is 10.3 Å². The molecular weight excluding hydrogens is 306 g/mol. The molecule has 1 fully saturated rings. The number of hydrogen-bond donors (Lipinski definition) is 0. The summed E-state index contributed by atoms with van der Waals surface area (Å²) in [7, 11) is 0. The summed E-state index contributed by atoms with van der Waals surface area (Å²) in [4.78, 5) is 23.2. The largest absolute Gasteiger partial charge is 0.489 e. The maximum atomic E-state index is 12.1. The van der Waals surface area contributed by atoms with Gasteiger partial charge in [0.15, 0.2) is 6.04 Å². The lowest BCUT2D eigenvalue weighted by atomic mass is 10.1. The third kappa shape index (κ3) is 3.08. The molecule has 3 rings (SSSR count). The van der Waals surface area contributed by atoms with Gasteiger partial charge in [-0.2, -0.15) is 0 Å². The van der Waals surface area contributed by atoms with E-state index in [1.165, 1.54) is 5.01 Å². The Labute approximate surface area is 140 Å². The Kier molecular flexibility index (Phi) is 4.20. The lowest BCUT2D eigenvalue weighted by molar-refractivity contribution is -0.122. The Balaban J connectivity index is 1.72. The van der Waals surface area contributed by atoms with Crippen LogP contribution in [0.1, 0.15) is 31.0 Å². The summed E-state index contributed by atoms with van der Waals surface area (Å²) in [6.45, 7) is 3.83. The van der Waals surface area contributed by atoms with Crippen molar-refractivity contribution in [3.63, 3.8) is 0 Å². The van der Waals surface area contributed by atoms with Crippen LogP contribution in [0, 0.1) is 4.91 Å². The number of benzene rings is 2. The quantitative estimate of drug-likeness (QED) is 0.792. The molecule has 1 amide bonds. The summed E-state index contributed by atoms with van der Waals surface area (Å²) >= 11 is 0. The molecule has 0 bridgehead atoms. The number of ether oxygens (including phenoxy) is 1. The first-order chi connectivity index (χ1) is 11.5. The molecule has 2 aromatic carbocycles. The smallest absolute Gasteiger partial charge is 0.272 e. The topological polar surface area (TPSA) is 73.1 Å². The van der Waals surface area contributed by atoms with Gasteiger partial charge in [-0.15, -0.1) is 4.91 Å². The Morgan fingerprint density at radius 2 is 1.79 bits per heavy atom. The van der Waals surface area contributed by atoms with E-state index in [1.54, 1.807) is 38.1 Å². The lowest BCUT2D eigenvalue weighted by Gasteiger charge is -2.26. The van der Waals surface area contributed by atoms with Crippen LogP contribution in [0.25, 0.3) is 0 Å². The van der Waals surface area contributed by atoms with Gasteiger partial charge in [0.25, 0.3) is 5.91 Å². The van der Waals surface area contributed by atoms with Crippen LogP contribution >= 0.6 is 0 Å². The molecule has 2 aromatic rings. The molecule has 0 saturated carbocycles. The summed E-state index contributed by atoms with van der Waals surface area (Å²) in [5, 5.41) is 8.17. The zero-order valence-corrected chi connectivity index (χ0v) is 13.5. The van der Waals surface area contributed by atoms with Crippen LogP contribution in [-0.4, -0.2) is 16.6 Å². The van der Waals surface area contributed by atoms with E-state index in [-0.39, 0.29) is 5.91 Å². The predicted octanol–water partition coefficient (Wildman–Crippen LogP) is 3.17. The molecule has 0 aromatic heterocycles. The van der Waals surface area contributed by atoms with Crippen molar-refractivity contribution in [1.29, 1.82) is 0 Å². The van der Waals surface area contributed by atoms with Crippen LogP contribution in [0.3, 0.4) is 0 Å². The molecule has 0 N–H and O–H groups in total. The second kappa shape index (κ2) is 6.31. The van der Waals surface area contributed by atoms with Crippen molar-refractivity contribution >= 4 is 5.91 Å². The summed E-state index contributed by atoms with van der Waals surface area (Å²) in [5.74, 6) is 0.326. The first-order valence-corrected chi connectivity index (χ1v) is 7.67. The van der Waals surface area contributed by atoms with Crippen LogP contribution in [0.4, 0.5) is 0 Å². The number of amides is 1. The minimum Gasteiger partial charge on any atom is -0.489 e. The molecule has 6 heteroatoms. The van der Waals surface area contributed by atoms with Crippen LogP contribution in [0.15, 0.2) is 59.9 Å². The van der Waals surface area contributed by atoms with Gasteiger partial charge in [0, 0.05) is 0 Å². The second-order valence-electron chi connectivity index (χ2n) is 6.12. The molecule has 123 valence electrons. The van der Waals surface area contributed by atoms with Gasteiger partial charge in [-0.05, 0) is 37.1 Å². The van der Waals surface area contributed by atoms with Gasteiger partial charge in [-0.3, -0.25) is 4.79 Å². The second-order valence-corrected chi connectivity index (χ2v) is 6.12. The van der Waals surface area contributed by atoms with Crippen molar-refractivity contribution in [2.45, 2.75) is 32.2 Å². The molecule has 0 aliphatic carbocycles. The number of hydrogen-bond acceptors (Lipinski definition) is 4. The van der Waals surface area contributed by atoms with Gasteiger partial charge in [0.1, 0.15) is 18.0 Å². The van der Waals surface area contributed by atoms with Crippen LogP contribution in [-0.2, 0) is 11.4 Å². The summed E-state index contributed by atoms with van der Waals surface area (Å²) in [5.41, 5.74) is 0.817. The molecule has 1 aliphatic heterocycles. The standard InChI is InChI=1S/C18H18N3O3/c1-18(2)19-17(22)16(21(18)20-23)14-8-10-15(11-9-14)24-12-13-6-4-3-5-7-13/h3-11,16H,12H2,1-2H3. The molecule has 1 radical (unpaired) electrons. The zero-order valence-electron chi connectivity index (χ0n) is 13.5. The van der Waals surface area contributed by atoms with Crippen LogP contribution in [0.5, 0.6) is 5.75 Å². The average molecular weight is 324 g/mol. The highest BCUT2D eigenvalue weighted by molar-refractivity contribution is 5.85. The maximum absolute atomic E-state index is 12.1. The van der Waals surface area contributed by atoms with Crippen LogP contribution in [0.2, 0.25) is 0 Å². The highest BCUT2D eigenvalue weighted by Gasteiger charge is 2.48. The highest BCUT2D eigenvalue weighted by Crippen LogP contribution is 2.35. The third-order valence-electron chi connectivity index (χ3n) is 3.96. The first-order valence-electron chi connectivity index (χ1n) is 7.67. The van der Waals surface area contributed by atoms with E-state index in [0.29, 0.717) is 17.9 Å². The maximum Gasteiger partial charge on any atom is 0.272 e. The fourth-order valence-corrected chi connectivity index (χ4v) is 2.72. The zero-order chi connectivity index (χ0) is 17.2. The van der Waals surface area contributed by atoms with Crippen molar-refractivity contribution in [3.8, 4) is 5.75 Å². The molecule has 6 nitrogen and oxygen atoms in total. The first kappa shape index (κ1) is 16.0. The number of nitrogens with zero attached hydrogens (tertiary/aromatic N) is 3. The average Bonchev–Trinajstić information content (AvgIpc) is 2.82. The predicted molar refractivity (Wildman–Crippen MR) is 88.8 cm³/mol. The lowest BCUT2D eigenvalue weighted by Crippen LogP contribution is -2.39. The van der Waals surface area contributed by atoms with E-state index in [1.807, 2.05) is 30.3 Å². The number of carbonyl (C=O) groups excluding carboxylic acids is 1. The molecule has 1 aliphatic rings. The summed E-state index contributed by atoms with van der Waals surface area (Å²) < 4.78 is 5.72. The third-order valence-corrected chi connectivity index (χ3v) is 3.96. The molecular formula is C18H18N3O3. The van der Waals surface area contributed by atoms with Gasteiger partial charge in [-0.1, -0.05) is 42.5 Å². The molecule has 0 spiro atoms. The van der Waals surface area contributed by atoms with E-state index < -0.39 is 11.7 Å². The monoisotopic (exact) mass is 324 g/mol. The normalized spacial score (nSPS) is 19.0. The summed E-state index contributed by atoms with van der Waals surface area (Å²) in [6.07, 6.45) is 0. The van der Waals surface area contributed by atoms with Crippen molar-refractivity contribution in [2.24, 2.45) is 5.29 Å². The molecule has 24 heavy (non-hydrogen) atoms. The van der Waals surface area contributed by atoms with Crippen molar-refractivity contribution < 1.29 is 9.53 Å². The van der Waals surface area contributed by atoms with Crippen molar-refractivity contribution in [3.05, 3.63) is 70.6 Å². The Morgan fingerprint density at radius 1 is 1.12 bits per heavy atom. The Bertz CT molecular complexity index is 729. The van der Waals surface area contributed by atoms with E-state index in [2.05, 4.69) is 10.6 Å². The van der Waals surface area contributed by atoms with Gasteiger partial charge >= 0.3 is 0 Å². The minimum absolute atomic E-state index is 0.363. The summed E-state index contributed by atoms with van der Waals surface area (Å²) in [6, 6.07) is 16.2. The Hall–Kier alpha value is -2.89. The SMILES string of the molecule is CC1(C)[N]C(=O)C(c2ccc(OCc3ccccc3)cc2)N1N=O. The van der Waals surface area contributed by atoms with Gasteiger partial charge in [0.2, 0.25) is 0 Å². The van der Waals surface area contributed by atoms with Gasteiger partial charge < -0.3 is 4.74 Å².